The van der Waals surface area contributed by atoms with Crippen molar-refractivity contribution < 1.29 is 9.53 Å². The van der Waals surface area contributed by atoms with Crippen molar-refractivity contribution in [1.82, 2.24) is 14.9 Å². The summed E-state index contributed by atoms with van der Waals surface area (Å²) in [4.78, 5) is 18.8. The van der Waals surface area contributed by atoms with E-state index in [0.29, 0.717) is 10.8 Å². The van der Waals surface area contributed by atoms with Gasteiger partial charge in [-0.3, -0.25) is 9.78 Å². The average molecular weight is 526 g/mol. The zero-order valence-corrected chi connectivity index (χ0v) is 22.8. The maximum absolute atomic E-state index is 12.0. The topological polar surface area (TPSA) is 71.4 Å². The van der Waals surface area contributed by atoms with Gasteiger partial charge in [-0.15, -0.1) is 0 Å². The number of carbonyl (C=O) groups excluding carboxylic acids is 1. The summed E-state index contributed by atoms with van der Waals surface area (Å²) in [6, 6.07) is 23.8. The standard InChI is InChI=1S/C30H31N5O2S/c1-19-20(2)34(23-10-6-5-7-11-23)21(3)27(19)29-28(25-12-8-9-17-31-25)33-30(38)35(29)24-15-13-22(14-16-24)32-26(36)18-37-4/h5-17,28-29H,18H2,1-4H3,(H,32,36)(H,33,38)/t28-,29+/m1/s1. The highest BCUT2D eigenvalue weighted by molar-refractivity contribution is 7.80. The average Bonchev–Trinajstić information content (AvgIpc) is 3.37. The molecule has 0 unspecified atom stereocenters. The van der Waals surface area contributed by atoms with Crippen molar-refractivity contribution >= 4 is 34.6 Å². The first-order chi connectivity index (χ1) is 18.4. The first-order valence-electron chi connectivity index (χ1n) is 12.5. The predicted molar refractivity (Wildman–Crippen MR) is 155 cm³/mol. The Kier molecular flexibility index (Phi) is 7.26. The fourth-order valence-corrected chi connectivity index (χ4v) is 5.71. The number of para-hydroxylation sites is 1. The van der Waals surface area contributed by atoms with Crippen molar-refractivity contribution in [2.24, 2.45) is 0 Å². The fraction of sp³-hybridized carbons (Fsp3) is 0.233. The first-order valence-corrected chi connectivity index (χ1v) is 12.9. The summed E-state index contributed by atoms with van der Waals surface area (Å²) in [5.41, 5.74) is 8.47. The molecular weight excluding hydrogens is 494 g/mol. The van der Waals surface area contributed by atoms with Gasteiger partial charge in [0.1, 0.15) is 6.61 Å². The Morgan fingerprint density at radius 3 is 2.34 bits per heavy atom. The van der Waals surface area contributed by atoms with E-state index in [2.05, 4.69) is 65.1 Å². The van der Waals surface area contributed by atoms with Gasteiger partial charge in [0.05, 0.1) is 17.8 Å². The smallest absolute Gasteiger partial charge is 0.250 e. The van der Waals surface area contributed by atoms with E-state index >= 15 is 0 Å². The quantitative estimate of drug-likeness (QED) is 0.308. The number of amides is 1. The lowest BCUT2D eigenvalue weighted by atomic mass is 9.93. The van der Waals surface area contributed by atoms with Gasteiger partial charge in [-0.05, 0) is 87.1 Å². The minimum atomic E-state index is -0.198. The normalized spacial score (nSPS) is 16.9. The van der Waals surface area contributed by atoms with Crippen molar-refractivity contribution in [3.63, 3.8) is 0 Å². The Morgan fingerprint density at radius 1 is 0.974 bits per heavy atom. The third-order valence-electron chi connectivity index (χ3n) is 7.12. The first kappa shape index (κ1) is 25.6. The Labute approximate surface area is 228 Å². The molecule has 1 saturated heterocycles. The molecule has 3 heterocycles. The van der Waals surface area contributed by atoms with Crippen LogP contribution in [0.25, 0.3) is 5.69 Å². The second-order valence-electron chi connectivity index (χ2n) is 9.41. The Hall–Kier alpha value is -4.01. The monoisotopic (exact) mass is 525 g/mol. The molecule has 1 aliphatic rings. The van der Waals surface area contributed by atoms with E-state index in [1.54, 1.807) is 0 Å². The number of nitrogens with one attached hydrogen (secondary N) is 2. The van der Waals surface area contributed by atoms with Gasteiger partial charge < -0.3 is 24.8 Å². The van der Waals surface area contributed by atoms with Crippen LogP contribution < -0.4 is 15.5 Å². The van der Waals surface area contributed by atoms with Crippen LogP contribution in [0.1, 0.15) is 40.3 Å². The van der Waals surface area contributed by atoms with Crippen LogP contribution in [0.3, 0.4) is 0 Å². The van der Waals surface area contributed by atoms with E-state index in [0.717, 1.165) is 22.8 Å². The largest absolute Gasteiger partial charge is 0.375 e. The second kappa shape index (κ2) is 10.8. The molecule has 4 aromatic rings. The number of ether oxygens (including phenoxy) is 1. The van der Waals surface area contributed by atoms with E-state index in [-0.39, 0.29) is 24.6 Å². The molecule has 2 aromatic heterocycles. The van der Waals surface area contributed by atoms with E-state index in [9.17, 15) is 4.79 Å². The number of thiocarbonyl (C=S) groups is 1. The molecule has 1 fully saturated rings. The van der Waals surface area contributed by atoms with Crippen LogP contribution in [0.4, 0.5) is 11.4 Å². The minimum absolute atomic E-state index is 0.00597. The van der Waals surface area contributed by atoms with Gasteiger partial charge >= 0.3 is 0 Å². The van der Waals surface area contributed by atoms with Crippen molar-refractivity contribution in [2.75, 3.05) is 23.9 Å². The van der Waals surface area contributed by atoms with Crippen LogP contribution in [0, 0.1) is 20.8 Å². The van der Waals surface area contributed by atoms with E-state index in [1.807, 2.05) is 54.7 Å². The number of methoxy groups -OCH3 is 1. The van der Waals surface area contributed by atoms with Gasteiger partial charge in [-0.2, -0.15) is 0 Å². The number of benzene rings is 2. The van der Waals surface area contributed by atoms with Gasteiger partial charge in [0.15, 0.2) is 5.11 Å². The Balaban J connectivity index is 1.61. The highest BCUT2D eigenvalue weighted by Crippen LogP contribution is 2.45. The van der Waals surface area contributed by atoms with Crippen molar-refractivity contribution in [1.29, 1.82) is 0 Å². The molecule has 38 heavy (non-hydrogen) atoms. The van der Waals surface area contributed by atoms with E-state index < -0.39 is 0 Å². The molecule has 2 N–H and O–H groups in total. The number of rotatable bonds is 7. The summed E-state index contributed by atoms with van der Waals surface area (Å²) in [6.07, 6.45) is 1.82. The fourth-order valence-electron chi connectivity index (χ4n) is 5.37. The van der Waals surface area contributed by atoms with Crippen LogP contribution in [-0.4, -0.2) is 34.3 Å². The van der Waals surface area contributed by atoms with Crippen LogP contribution in [-0.2, 0) is 9.53 Å². The lowest BCUT2D eigenvalue weighted by molar-refractivity contribution is -0.119. The third kappa shape index (κ3) is 4.68. The molecule has 0 saturated carbocycles. The molecule has 2 aromatic carbocycles. The number of nitrogens with zero attached hydrogens (tertiary/aromatic N) is 3. The molecule has 7 nitrogen and oxygen atoms in total. The molecule has 0 bridgehead atoms. The molecule has 194 valence electrons. The van der Waals surface area contributed by atoms with Crippen molar-refractivity contribution in [3.05, 3.63) is 107 Å². The summed E-state index contributed by atoms with van der Waals surface area (Å²) in [7, 11) is 1.50. The van der Waals surface area contributed by atoms with Crippen LogP contribution in [0.15, 0.2) is 79.0 Å². The van der Waals surface area contributed by atoms with Crippen LogP contribution in [0.5, 0.6) is 0 Å². The number of hydrogen-bond donors (Lipinski definition) is 2. The number of aromatic nitrogens is 2. The van der Waals surface area contributed by atoms with Crippen LogP contribution >= 0.6 is 12.2 Å². The highest BCUT2D eigenvalue weighted by atomic mass is 32.1. The van der Waals surface area contributed by atoms with E-state index in [4.69, 9.17) is 21.9 Å². The molecule has 5 rings (SSSR count). The highest BCUT2D eigenvalue weighted by Gasteiger charge is 2.43. The third-order valence-corrected chi connectivity index (χ3v) is 7.43. The molecule has 0 aliphatic carbocycles. The molecule has 8 heteroatoms. The van der Waals surface area contributed by atoms with Gasteiger partial charge in [0, 0.05) is 47.3 Å². The summed E-state index contributed by atoms with van der Waals surface area (Å²) >= 11 is 5.93. The molecule has 2 atom stereocenters. The lowest BCUT2D eigenvalue weighted by Crippen LogP contribution is -2.29. The van der Waals surface area contributed by atoms with Gasteiger partial charge in [-0.1, -0.05) is 24.3 Å². The van der Waals surface area contributed by atoms with E-state index in [1.165, 1.54) is 23.9 Å². The van der Waals surface area contributed by atoms with Crippen LogP contribution in [0.2, 0.25) is 0 Å². The zero-order valence-electron chi connectivity index (χ0n) is 21.9. The van der Waals surface area contributed by atoms with Gasteiger partial charge in [0.25, 0.3) is 0 Å². The summed E-state index contributed by atoms with van der Waals surface area (Å²) in [6.45, 7) is 6.52. The molecular formula is C30H31N5O2S. The lowest BCUT2D eigenvalue weighted by Gasteiger charge is -2.29. The SMILES string of the molecule is COCC(=O)Nc1ccc(N2C(=S)N[C@H](c3ccccn3)[C@@H]2c2c(C)c(C)n(-c3ccccc3)c2C)cc1. The molecule has 1 amide bonds. The number of pyridine rings is 1. The second-order valence-corrected chi connectivity index (χ2v) is 9.79. The zero-order chi connectivity index (χ0) is 26.8. The molecule has 0 spiro atoms. The predicted octanol–water partition coefficient (Wildman–Crippen LogP) is 5.56. The Bertz CT molecular complexity index is 1450. The summed E-state index contributed by atoms with van der Waals surface area (Å²) < 4.78 is 7.24. The Morgan fingerprint density at radius 2 is 1.68 bits per heavy atom. The van der Waals surface area contributed by atoms with Crippen molar-refractivity contribution in [2.45, 2.75) is 32.9 Å². The van der Waals surface area contributed by atoms with Gasteiger partial charge in [0.2, 0.25) is 5.91 Å². The van der Waals surface area contributed by atoms with Gasteiger partial charge in [-0.25, -0.2) is 0 Å². The summed E-state index contributed by atoms with van der Waals surface area (Å²) in [5, 5.41) is 7.04. The molecule has 1 aliphatic heterocycles. The minimum Gasteiger partial charge on any atom is -0.375 e. The number of anilines is 2. The maximum atomic E-state index is 12.0. The van der Waals surface area contributed by atoms with Crippen molar-refractivity contribution in [3.8, 4) is 5.69 Å². The molecule has 0 radical (unpaired) electrons. The number of carbonyl (C=O) groups is 1. The summed E-state index contributed by atoms with van der Waals surface area (Å²) in [5.74, 6) is -0.198. The maximum Gasteiger partial charge on any atom is 0.250 e. The number of hydrogen-bond acceptors (Lipinski definition) is 4.